The molecule has 4 unspecified atom stereocenters. The molecule has 0 spiro atoms. The number of aliphatic hydroxyl groups excluding tert-OH is 7. The molecule has 0 amide bonds. The molecule has 0 aliphatic heterocycles. The first kappa shape index (κ1) is 34.4. The zero-order valence-electron chi connectivity index (χ0n) is 20.2. The third-order valence-electron chi connectivity index (χ3n) is 4.47. The first-order chi connectivity index (χ1) is 17.1. The molecule has 0 aliphatic rings. The normalized spacial score (nSPS) is 16.2. The van der Waals surface area contributed by atoms with Crippen LogP contribution in [0.4, 0.5) is 0 Å². The van der Waals surface area contributed by atoms with Gasteiger partial charge in [0.15, 0.2) is 0 Å². The minimum Gasteiger partial charge on any atom is -0.394 e. The Hall–Kier alpha value is -0.560. The molecule has 0 radical (unpaired) electrons. The topological polar surface area (TPSA) is 206 Å². The number of hydrogen-bond acceptors (Lipinski definition) is 14. The molecule has 0 saturated carbocycles. The van der Waals surface area contributed by atoms with E-state index in [4.69, 9.17) is 43.4 Å². The molecule has 0 aromatic carbocycles. The highest BCUT2D eigenvalue weighted by Gasteiger charge is 2.42. The summed E-state index contributed by atoms with van der Waals surface area (Å²) < 4.78 is 39.9. The Labute approximate surface area is 205 Å². The van der Waals surface area contributed by atoms with Crippen LogP contribution in [0.3, 0.4) is 0 Å². The van der Waals surface area contributed by atoms with Crippen LogP contribution < -0.4 is 0 Å². The molecular formula is C21H44O14. The van der Waals surface area contributed by atoms with Gasteiger partial charge < -0.3 is 68.9 Å². The second kappa shape index (κ2) is 25.1. The number of ether oxygens (including phenoxy) is 7. The van der Waals surface area contributed by atoms with Crippen molar-refractivity contribution in [3.8, 4) is 0 Å². The summed E-state index contributed by atoms with van der Waals surface area (Å²) in [7, 11) is 0. The molecular weight excluding hydrogens is 476 g/mol. The third-order valence-corrected chi connectivity index (χ3v) is 4.47. The SMILES string of the molecule is OCCOCC(OCCO)C(OCCO)C(OCCO)C(OCCO)C(COCCO)OCCO. The van der Waals surface area contributed by atoms with Gasteiger partial charge in [-0.2, -0.15) is 0 Å². The lowest BCUT2D eigenvalue weighted by molar-refractivity contribution is -0.221. The van der Waals surface area contributed by atoms with Gasteiger partial charge in [0.05, 0.1) is 106 Å². The first-order valence-corrected chi connectivity index (χ1v) is 11.6. The van der Waals surface area contributed by atoms with Crippen molar-refractivity contribution < 1.29 is 68.9 Å². The highest BCUT2D eigenvalue weighted by molar-refractivity contribution is 4.91. The van der Waals surface area contributed by atoms with Crippen molar-refractivity contribution in [1.29, 1.82) is 0 Å². The smallest absolute Gasteiger partial charge is 0.115 e. The van der Waals surface area contributed by atoms with E-state index in [9.17, 15) is 25.5 Å². The van der Waals surface area contributed by atoms with Crippen LogP contribution in [-0.2, 0) is 33.2 Å². The summed E-state index contributed by atoms with van der Waals surface area (Å²) in [6.45, 7) is -2.77. The van der Waals surface area contributed by atoms with Gasteiger partial charge in [0, 0.05) is 0 Å². The zero-order valence-corrected chi connectivity index (χ0v) is 20.2. The zero-order chi connectivity index (χ0) is 26.2. The Bertz CT molecular complexity index is 399. The Balaban J connectivity index is 6.17. The van der Waals surface area contributed by atoms with Crippen LogP contribution in [0.25, 0.3) is 0 Å². The molecule has 4 atom stereocenters. The summed E-state index contributed by atoms with van der Waals surface area (Å²) in [5.41, 5.74) is 0. The van der Waals surface area contributed by atoms with Gasteiger partial charge >= 0.3 is 0 Å². The van der Waals surface area contributed by atoms with Crippen molar-refractivity contribution in [3.63, 3.8) is 0 Å². The van der Waals surface area contributed by atoms with Gasteiger partial charge in [0.2, 0.25) is 0 Å². The van der Waals surface area contributed by atoms with Crippen molar-refractivity contribution in [2.45, 2.75) is 30.5 Å². The summed E-state index contributed by atoms with van der Waals surface area (Å²) >= 11 is 0. The van der Waals surface area contributed by atoms with Crippen LogP contribution in [-0.4, -0.2) is 172 Å². The van der Waals surface area contributed by atoms with Gasteiger partial charge in [-0.15, -0.1) is 0 Å². The molecule has 0 aromatic rings. The molecule has 7 N–H and O–H groups in total. The molecule has 0 aliphatic carbocycles. The molecule has 0 aromatic heterocycles. The lowest BCUT2D eigenvalue weighted by atomic mass is 9.98. The van der Waals surface area contributed by atoms with Gasteiger partial charge in [-0.25, -0.2) is 0 Å². The fourth-order valence-corrected chi connectivity index (χ4v) is 3.18. The van der Waals surface area contributed by atoms with Crippen molar-refractivity contribution in [3.05, 3.63) is 0 Å². The molecule has 0 heterocycles. The second-order valence-electron chi connectivity index (χ2n) is 7.04. The van der Waals surface area contributed by atoms with E-state index in [0.29, 0.717) is 0 Å². The maximum Gasteiger partial charge on any atom is 0.115 e. The molecule has 212 valence electrons. The number of hydrogen-bond donors (Lipinski definition) is 7. The fourth-order valence-electron chi connectivity index (χ4n) is 3.18. The third kappa shape index (κ3) is 16.0. The highest BCUT2D eigenvalue weighted by Crippen LogP contribution is 2.23. The average molecular weight is 521 g/mol. The monoisotopic (exact) mass is 520 g/mol. The van der Waals surface area contributed by atoms with E-state index in [1.165, 1.54) is 0 Å². The maximum atomic E-state index is 9.42. The molecule has 0 rings (SSSR count). The van der Waals surface area contributed by atoms with Gasteiger partial charge in [-0.3, -0.25) is 0 Å². The quantitative estimate of drug-likeness (QED) is 0.0514. The lowest BCUT2D eigenvalue weighted by Gasteiger charge is -2.40. The Kier molecular flexibility index (Phi) is 24.7. The predicted molar refractivity (Wildman–Crippen MR) is 120 cm³/mol. The van der Waals surface area contributed by atoms with Crippen LogP contribution in [0.5, 0.6) is 0 Å². The van der Waals surface area contributed by atoms with E-state index in [-0.39, 0.29) is 106 Å². The van der Waals surface area contributed by atoms with Crippen molar-refractivity contribution in [2.75, 3.05) is 106 Å². The fraction of sp³-hybridized carbons (Fsp3) is 1.00. The number of rotatable bonds is 27. The van der Waals surface area contributed by atoms with Crippen LogP contribution in [0.2, 0.25) is 0 Å². The molecule has 35 heavy (non-hydrogen) atoms. The van der Waals surface area contributed by atoms with Crippen LogP contribution in [0.15, 0.2) is 0 Å². The van der Waals surface area contributed by atoms with Gasteiger partial charge in [0.1, 0.15) is 30.5 Å². The largest absolute Gasteiger partial charge is 0.394 e. The summed E-state index contributed by atoms with van der Waals surface area (Å²) in [5.74, 6) is 0. The summed E-state index contributed by atoms with van der Waals surface area (Å²) in [4.78, 5) is 0. The second-order valence-corrected chi connectivity index (χ2v) is 7.04. The van der Waals surface area contributed by atoms with E-state index >= 15 is 0 Å². The van der Waals surface area contributed by atoms with E-state index in [1.807, 2.05) is 0 Å². The summed E-state index contributed by atoms with van der Waals surface area (Å²) in [6.07, 6.45) is -4.79. The van der Waals surface area contributed by atoms with Crippen LogP contribution >= 0.6 is 0 Å². The van der Waals surface area contributed by atoms with Crippen molar-refractivity contribution >= 4 is 0 Å². The molecule has 14 nitrogen and oxygen atoms in total. The predicted octanol–water partition coefficient (Wildman–Crippen LogP) is -4.11. The molecule has 0 bridgehead atoms. The lowest BCUT2D eigenvalue weighted by Crippen LogP contribution is -2.56. The molecule has 0 fully saturated rings. The standard InChI is InChI=1S/C21H44O14/c22-1-8-29-15-17(31-10-3-24)19(33-12-5-26)21(35-14-7-28)20(34-13-6-27)18(32-11-4-25)16-30-9-2-23/h17-28H,1-16H2. The Morgan fingerprint density at radius 2 is 0.629 bits per heavy atom. The van der Waals surface area contributed by atoms with E-state index in [1.54, 1.807) is 0 Å². The Morgan fingerprint density at radius 3 is 0.943 bits per heavy atom. The van der Waals surface area contributed by atoms with Crippen LogP contribution in [0, 0.1) is 0 Å². The van der Waals surface area contributed by atoms with Gasteiger partial charge in [-0.05, 0) is 0 Å². The van der Waals surface area contributed by atoms with Crippen LogP contribution in [0.1, 0.15) is 0 Å². The minimum absolute atomic E-state index is 0.00947. The Morgan fingerprint density at radius 1 is 0.343 bits per heavy atom. The maximum absolute atomic E-state index is 9.42. The van der Waals surface area contributed by atoms with E-state index < -0.39 is 30.5 Å². The highest BCUT2D eigenvalue weighted by atomic mass is 16.6. The van der Waals surface area contributed by atoms with Crippen molar-refractivity contribution in [2.24, 2.45) is 0 Å². The van der Waals surface area contributed by atoms with Gasteiger partial charge in [0.25, 0.3) is 0 Å². The summed E-state index contributed by atoms with van der Waals surface area (Å²) in [6, 6.07) is 0. The molecule has 0 saturated heterocycles. The minimum atomic E-state index is -1.04. The molecule has 14 heteroatoms. The van der Waals surface area contributed by atoms with E-state index in [2.05, 4.69) is 0 Å². The first-order valence-electron chi connectivity index (χ1n) is 11.6. The average Bonchev–Trinajstić information content (AvgIpc) is 2.87. The summed E-state index contributed by atoms with van der Waals surface area (Å²) in [5, 5.41) is 64.9. The number of aliphatic hydroxyl groups is 7. The van der Waals surface area contributed by atoms with Gasteiger partial charge in [-0.1, -0.05) is 0 Å². The van der Waals surface area contributed by atoms with E-state index in [0.717, 1.165) is 0 Å². The van der Waals surface area contributed by atoms with Crippen molar-refractivity contribution in [1.82, 2.24) is 0 Å².